The summed E-state index contributed by atoms with van der Waals surface area (Å²) < 4.78 is 5.66. The summed E-state index contributed by atoms with van der Waals surface area (Å²) in [5, 5.41) is 5.44. The Balaban J connectivity index is 1.93. The topological polar surface area (TPSA) is 67.4 Å². The number of ether oxygens (including phenoxy) is 1. The minimum Gasteiger partial charge on any atom is -0.483 e. The third-order valence-electron chi connectivity index (χ3n) is 3.44. The number of aryl methyl sites for hydroxylation is 3. The summed E-state index contributed by atoms with van der Waals surface area (Å²) in [7, 11) is 0. The molecular weight excluding hydrogens is 304 g/mol. The molecule has 0 radical (unpaired) electrons. The van der Waals surface area contributed by atoms with Gasteiger partial charge in [0.1, 0.15) is 5.75 Å². The average Bonchev–Trinajstić information content (AvgIpc) is 2.47. The molecule has 126 valence electrons. The Morgan fingerprint density at radius 2 is 1.42 bits per heavy atom. The number of benzene rings is 2. The molecule has 0 atom stereocenters. The SMILES string of the molecule is CC(=O)Nc1ccc(NC(=O)COc2c(C)cc(C)cc2C)cc1. The molecule has 5 heteroatoms. The van der Waals surface area contributed by atoms with Crippen LogP contribution in [0.5, 0.6) is 5.75 Å². The summed E-state index contributed by atoms with van der Waals surface area (Å²) in [6.07, 6.45) is 0. The standard InChI is InChI=1S/C19H22N2O3/c1-12-9-13(2)19(14(3)10-12)24-11-18(23)21-17-7-5-16(6-8-17)20-15(4)22/h5-10H,11H2,1-4H3,(H,20,22)(H,21,23). The highest BCUT2D eigenvalue weighted by Crippen LogP contribution is 2.24. The van der Waals surface area contributed by atoms with Crippen molar-refractivity contribution < 1.29 is 14.3 Å². The molecule has 24 heavy (non-hydrogen) atoms. The van der Waals surface area contributed by atoms with Gasteiger partial charge in [0.25, 0.3) is 5.91 Å². The fourth-order valence-electron chi connectivity index (χ4n) is 2.57. The van der Waals surface area contributed by atoms with Crippen LogP contribution in [0.15, 0.2) is 36.4 Å². The predicted molar refractivity (Wildman–Crippen MR) is 95.5 cm³/mol. The lowest BCUT2D eigenvalue weighted by molar-refractivity contribution is -0.118. The van der Waals surface area contributed by atoms with Gasteiger partial charge in [-0.15, -0.1) is 0 Å². The van der Waals surface area contributed by atoms with Gasteiger partial charge in [0.2, 0.25) is 5.91 Å². The van der Waals surface area contributed by atoms with E-state index in [1.54, 1.807) is 24.3 Å². The quantitative estimate of drug-likeness (QED) is 0.882. The zero-order chi connectivity index (χ0) is 17.7. The van der Waals surface area contributed by atoms with Crippen molar-refractivity contribution in [2.24, 2.45) is 0 Å². The number of hydrogen-bond donors (Lipinski definition) is 2. The van der Waals surface area contributed by atoms with Crippen LogP contribution in [0.25, 0.3) is 0 Å². The molecular formula is C19H22N2O3. The second-order valence-electron chi connectivity index (χ2n) is 5.82. The van der Waals surface area contributed by atoms with Crippen molar-refractivity contribution >= 4 is 23.2 Å². The number of carbonyl (C=O) groups excluding carboxylic acids is 2. The Morgan fingerprint density at radius 3 is 1.92 bits per heavy atom. The minimum atomic E-state index is -0.235. The maximum Gasteiger partial charge on any atom is 0.262 e. The van der Waals surface area contributed by atoms with Crippen LogP contribution in [0, 0.1) is 20.8 Å². The third-order valence-corrected chi connectivity index (χ3v) is 3.44. The fourth-order valence-corrected chi connectivity index (χ4v) is 2.57. The number of anilines is 2. The fraction of sp³-hybridized carbons (Fsp3) is 0.263. The average molecular weight is 326 g/mol. The summed E-state index contributed by atoms with van der Waals surface area (Å²) >= 11 is 0. The van der Waals surface area contributed by atoms with E-state index in [-0.39, 0.29) is 18.4 Å². The van der Waals surface area contributed by atoms with Crippen LogP contribution in [0.4, 0.5) is 11.4 Å². The number of amides is 2. The minimum absolute atomic E-state index is 0.0574. The highest BCUT2D eigenvalue weighted by atomic mass is 16.5. The number of nitrogens with one attached hydrogen (secondary N) is 2. The molecule has 2 amide bonds. The molecule has 0 aromatic heterocycles. The molecule has 0 spiro atoms. The van der Waals surface area contributed by atoms with Crippen molar-refractivity contribution in [2.45, 2.75) is 27.7 Å². The van der Waals surface area contributed by atoms with Crippen molar-refractivity contribution in [1.82, 2.24) is 0 Å². The van der Waals surface area contributed by atoms with E-state index in [1.165, 1.54) is 12.5 Å². The molecule has 0 fully saturated rings. The van der Waals surface area contributed by atoms with Gasteiger partial charge in [-0.2, -0.15) is 0 Å². The Morgan fingerprint density at radius 1 is 0.917 bits per heavy atom. The van der Waals surface area contributed by atoms with Crippen LogP contribution in [-0.2, 0) is 9.59 Å². The van der Waals surface area contributed by atoms with Crippen LogP contribution in [0.2, 0.25) is 0 Å². The van der Waals surface area contributed by atoms with Gasteiger partial charge in [0.15, 0.2) is 6.61 Å². The molecule has 2 N–H and O–H groups in total. The molecule has 0 saturated heterocycles. The van der Waals surface area contributed by atoms with E-state index in [0.29, 0.717) is 11.4 Å². The molecule has 5 nitrogen and oxygen atoms in total. The van der Waals surface area contributed by atoms with E-state index in [0.717, 1.165) is 16.9 Å². The smallest absolute Gasteiger partial charge is 0.262 e. The molecule has 0 unspecified atom stereocenters. The van der Waals surface area contributed by atoms with Gasteiger partial charge in [0.05, 0.1) is 0 Å². The van der Waals surface area contributed by atoms with E-state index < -0.39 is 0 Å². The molecule has 0 bridgehead atoms. The molecule has 2 rings (SSSR count). The summed E-state index contributed by atoms with van der Waals surface area (Å²) in [5.74, 6) is 0.377. The zero-order valence-corrected chi connectivity index (χ0v) is 14.4. The molecule has 0 aliphatic heterocycles. The van der Waals surface area contributed by atoms with Gasteiger partial charge < -0.3 is 15.4 Å². The number of hydrogen-bond acceptors (Lipinski definition) is 3. The first kappa shape index (κ1) is 17.5. The Labute approximate surface area is 142 Å². The third kappa shape index (κ3) is 4.84. The first-order valence-corrected chi connectivity index (χ1v) is 7.73. The van der Waals surface area contributed by atoms with Gasteiger partial charge in [-0.25, -0.2) is 0 Å². The molecule has 2 aromatic carbocycles. The lowest BCUT2D eigenvalue weighted by Crippen LogP contribution is -2.20. The Kier molecular flexibility index (Phi) is 5.58. The maximum absolute atomic E-state index is 12.0. The monoisotopic (exact) mass is 326 g/mol. The van der Waals surface area contributed by atoms with Crippen LogP contribution in [0.3, 0.4) is 0 Å². The van der Waals surface area contributed by atoms with E-state index in [2.05, 4.69) is 10.6 Å². The summed E-state index contributed by atoms with van der Waals surface area (Å²) in [5.41, 5.74) is 4.53. The first-order valence-electron chi connectivity index (χ1n) is 7.73. The molecule has 0 aliphatic rings. The highest BCUT2D eigenvalue weighted by Gasteiger charge is 2.09. The van der Waals surface area contributed by atoms with Gasteiger partial charge in [0, 0.05) is 18.3 Å². The van der Waals surface area contributed by atoms with Crippen LogP contribution in [-0.4, -0.2) is 18.4 Å². The molecule has 0 aliphatic carbocycles. The normalized spacial score (nSPS) is 10.2. The van der Waals surface area contributed by atoms with E-state index >= 15 is 0 Å². The Bertz CT molecular complexity index is 729. The highest BCUT2D eigenvalue weighted by molar-refractivity contribution is 5.93. The van der Waals surface area contributed by atoms with Crippen molar-refractivity contribution in [2.75, 3.05) is 17.2 Å². The zero-order valence-electron chi connectivity index (χ0n) is 14.4. The number of rotatable bonds is 5. The summed E-state index contributed by atoms with van der Waals surface area (Å²) in [6, 6.07) is 11.0. The summed E-state index contributed by atoms with van der Waals surface area (Å²) in [4.78, 5) is 23.0. The van der Waals surface area contributed by atoms with Gasteiger partial charge in [-0.1, -0.05) is 17.7 Å². The van der Waals surface area contributed by atoms with Crippen molar-refractivity contribution in [1.29, 1.82) is 0 Å². The molecule has 0 heterocycles. The second kappa shape index (κ2) is 7.64. The van der Waals surface area contributed by atoms with E-state index in [4.69, 9.17) is 4.74 Å². The summed E-state index contributed by atoms with van der Waals surface area (Å²) in [6.45, 7) is 7.35. The lowest BCUT2D eigenvalue weighted by Gasteiger charge is -2.13. The van der Waals surface area contributed by atoms with Gasteiger partial charge in [-0.05, 0) is 56.2 Å². The van der Waals surface area contributed by atoms with Crippen molar-refractivity contribution in [3.63, 3.8) is 0 Å². The van der Waals surface area contributed by atoms with Crippen LogP contribution >= 0.6 is 0 Å². The second-order valence-corrected chi connectivity index (χ2v) is 5.82. The largest absolute Gasteiger partial charge is 0.483 e. The van der Waals surface area contributed by atoms with Crippen LogP contribution in [0.1, 0.15) is 23.6 Å². The van der Waals surface area contributed by atoms with E-state index in [1.807, 2.05) is 32.9 Å². The number of carbonyl (C=O) groups is 2. The molecule has 2 aromatic rings. The molecule has 0 saturated carbocycles. The first-order chi connectivity index (χ1) is 11.3. The predicted octanol–water partition coefficient (Wildman–Crippen LogP) is 3.59. The van der Waals surface area contributed by atoms with Gasteiger partial charge in [-0.3, -0.25) is 9.59 Å². The van der Waals surface area contributed by atoms with E-state index in [9.17, 15) is 9.59 Å². The maximum atomic E-state index is 12.0. The van der Waals surface area contributed by atoms with Crippen molar-refractivity contribution in [3.8, 4) is 5.75 Å². The van der Waals surface area contributed by atoms with Gasteiger partial charge >= 0.3 is 0 Å². The van der Waals surface area contributed by atoms with Crippen LogP contribution < -0.4 is 15.4 Å². The lowest BCUT2D eigenvalue weighted by atomic mass is 10.1. The Hall–Kier alpha value is -2.82. The van der Waals surface area contributed by atoms with Crippen molar-refractivity contribution in [3.05, 3.63) is 53.1 Å².